The first kappa shape index (κ1) is 13.4. The quantitative estimate of drug-likeness (QED) is 0.735. The van der Waals surface area contributed by atoms with Crippen LogP contribution in [-0.2, 0) is 0 Å². The fourth-order valence-corrected chi connectivity index (χ4v) is 2.47. The van der Waals surface area contributed by atoms with E-state index in [1.54, 1.807) is 24.4 Å². The maximum Gasteiger partial charge on any atom is 0.356 e. The Morgan fingerprint density at radius 2 is 2.00 bits per heavy atom. The van der Waals surface area contributed by atoms with Crippen molar-refractivity contribution in [1.82, 2.24) is 14.6 Å². The number of aromatic carboxylic acids is 1. The molecule has 23 heavy (non-hydrogen) atoms. The van der Waals surface area contributed by atoms with Crippen molar-refractivity contribution in [2.75, 3.05) is 13.2 Å². The Balaban J connectivity index is 1.85. The average molecular weight is 313 g/mol. The predicted octanol–water partition coefficient (Wildman–Crippen LogP) is 1.16. The van der Waals surface area contributed by atoms with E-state index in [4.69, 9.17) is 14.6 Å². The molecule has 2 N–H and O–H groups in total. The topological polar surface area (TPSA) is 106 Å². The van der Waals surface area contributed by atoms with E-state index in [2.05, 4.69) is 10.1 Å². The fraction of sp³-hybridized carbons (Fsp3) is 0.133. The maximum absolute atomic E-state index is 12.1. The van der Waals surface area contributed by atoms with Crippen LogP contribution in [0.2, 0.25) is 0 Å². The van der Waals surface area contributed by atoms with Crippen LogP contribution in [-0.4, -0.2) is 38.9 Å². The number of benzene rings is 1. The Morgan fingerprint density at radius 3 is 2.78 bits per heavy atom. The van der Waals surface area contributed by atoms with Crippen LogP contribution >= 0.6 is 0 Å². The summed E-state index contributed by atoms with van der Waals surface area (Å²) < 4.78 is 12.2. The molecule has 0 unspecified atom stereocenters. The number of nitrogens with zero attached hydrogens (tertiary/aromatic N) is 2. The molecule has 1 aliphatic rings. The monoisotopic (exact) mass is 313 g/mol. The molecule has 8 nitrogen and oxygen atoms in total. The largest absolute Gasteiger partial charge is 0.486 e. The molecule has 0 fully saturated rings. The van der Waals surface area contributed by atoms with E-state index in [0.717, 1.165) is 0 Å². The molecular formula is C15H11N3O5. The van der Waals surface area contributed by atoms with Gasteiger partial charge in [-0.25, -0.2) is 9.31 Å². The molecule has 1 aliphatic heterocycles. The van der Waals surface area contributed by atoms with Crippen molar-refractivity contribution >= 4 is 11.5 Å². The number of rotatable bonds is 2. The zero-order chi connectivity index (χ0) is 16.0. The first-order valence-electron chi connectivity index (χ1n) is 6.88. The molecule has 3 heterocycles. The summed E-state index contributed by atoms with van der Waals surface area (Å²) in [5, 5.41) is 12.9. The van der Waals surface area contributed by atoms with Gasteiger partial charge in [-0.15, -0.1) is 0 Å². The van der Waals surface area contributed by atoms with Crippen molar-refractivity contribution in [3.8, 4) is 22.8 Å². The highest BCUT2D eigenvalue weighted by Crippen LogP contribution is 2.33. The molecule has 0 atom stereocenters. The maximum atomic E-state index is 12.1. The Kier molecular flexibility index (Phi) is 2.83. The number of hydrogen-bond acceptors (Lipinski definition) is 5. The van der Waals surface area contributed by atoms with E-state index >= 15 is 0 Å². The van der Waals surface area contributed by atoms with Gasteiger partial charge in [-0.05, 0) is 18.2 Å². The van der Waals surface area contributed by atoms with E-state index in [9.17, 15) is 9.59 Å². The number of H-pyrrole nitrogens is 1. The SMILES string of the molecule is O=C(O)c1cc2c(=O)[nH]c(-c3ccc4c(c3)OCCO4)cn2n1. The molecule has 8 heteroatoms. The highest BCUT2D eigenvalue weighted by atomic mass is 16.6. The highest BCUT2D eigenvalue weighted by Gasteiger charge is 2.15. The van der Waals surface area contributed by atoms with Crippen molar-refractivity contribution in [3.05, 3.63) is 46.5 Å². The number of carboxylic acid groups (broad SMARTS) is 1. The van der Waals surface area contributed by atoms with Gasteiger partial charge in [0.1, 0.15) is 18.7 Å². The minimum absolute atomic E-state index is 0.170. The zero-order valence-corrected chi connectivity index (χ0v) is 11.8. The van der Waals surface area contributed by atoms with Gasteiger partial charge in [0, 0.05) is 11.6 Å². The normalized spacial score (nSPS) is 13.2. The Morgan fingerprint density at radius 1 is 1.22 bits per heavy atom. The Bertz CT molecular complexity index is 988. The van der Waals surface area contributed by atoms with Crippen LogP contribution in [0.5, 0.6) is 11.5 Å². The van der Waals surface area contributed by atoms with Gasteiger partial charge < -0.3 is 19.6 Å². The summed E-state index contributed by atoms with van der Waals surface area (Å²) in [6, 6.07) is 6.53. The first-order chi connectivity index (χ1) is 11.1. The summed E-state index contributed by atoms with van der Waals surface area (Å²) in [7, 11) is 0. The molecule has 0 amide bonds. The van der Waals surface area contributed by atoms with Crippen LogP contribution in [0.25, 0.3) is 16.8 Å². The second kappa shape index (κ2) is 4.87. The van der Waals surface area contributed by atoms with Gasteiger partial charge in [-0.3, -0.25) is 4.79 Å². The van der Waals surface area contributed by atoms with E-state index < -0.39 is 11.5 Å². The van der Waals surface area contributed by atoms with Crippen LogP contribution in [0.15, 0.2) is 35.3 Å². The summed E-state index contributed by atoms with van der Waals surface area (Å²) in [6.45, 7) is 0.966. The molecule has 0 saturated carbocycles. The van der Waals surface area contributed by atoms with Crippen LogP contribution in [0.1, 0.15) is 10.5 Å². The average Bonchev–Trinajstić information content (AvgIpc) is 2.99. The summed E-state index contributed by atoms with van der Waals surface area (Å²) in [6.07, 6.45) is 1.56. The molecule has 2 aromatic heterocycles. The molecule has 0 saturated heterocycles. The van der Waals surface area contributed by atoms with Gasteiger partial charge in [-0.1, -0.05) is 0 Å². The lowest BCUT2D eigenvalue weighted by molar-refractivity contribution is 0.0690. The number of aromatic nitrogens is 3. The highest BCUT2D eigenvalue weighted by molar-refractivity contribution is 5.87. The number of carboxylic acids is 1. The Hall–Kier alpha value is -3.29. The molecule has 0 radical (unpaired) electrons. The van der Waals surface area contributed by atoms with Crippen molar-refractivity contribution in [1.29, 1.82) is 0 Å². The third kappa shape index (κ3) is 2.20. The molecule has 0 aliphatic carbocycles. The van der Waals surface area contributed by atoms with E-state index in [1.165, 1.54) is 10.6 Å². The lowest BCUT2D eigenvalue weighted by Crippen LogP contribution is -2.15. The standard InChI is InChI=1S/C15H11N3O5/c19-14-11-6-9(15(20)21)17-18(11)7-10(16-14)8-1-2-12-13(5-8)23-4-3-22-12/h1-2,5-7H,3-4H2,(H,16,19)(H,20,21). The number of hydrogen-bond donors (Lipinski definition) is 2. The number of fused-ring (bicyclic) bond motifs is 2. The van der Waals surface area contributed by atoms with Gasteiger partial charge in [-0.2, -0.15) is 5.10 Å². The minimum atomic E-state index is -1.19. The van der Waals surface area contributed by atoms with E-state index in [1.807, 2.05) is 0 Å². The van der Waals surface area contributed by atoms with Gasteiger partial charge in [0.2, 0.25) is 0 Å². The Labute approximate surface area is 128 Å². The van der Waals surface area contributed by atoms with Gasteiger partial charge in [0.15, 0.2) is 17.2 Å². The number of aromatic amines is 1. The van der Waals surface area contributed by atoms with E-state index in [0.29, 0.717) is 36.0 Å². The second-order valence-electron chi connectivity index (χ2n) is 5.02. The molecule has 0 spiro atoms. The fourth-order valence-electron chi connectivity index (χ4n) is 2.47. The number of carbonyl (C=O) groups is 1. The molecule has 116 valence electrons. The van der Waals surface area contributed by atoms with Crippen LogP contribution in [0, 0.1) is 0 Å². The van der Waals surface area contributed by atoms with Gasteiger partial charge in [0.05, 0.1) is 11.9 Å². The molecule has 1 aromatic carbocycles. The minimum Gasteiger partial charge on any atom is -0.486 e. The smallest absolute Gasteiger partial charge is 0.356 e. The third-order valence-corrected chi connectivity index (χ3v) is 3.54. The lowest BCUT2D eigenvalue weighted by atomic mass is 10.1. The molecule has 4 rings (SSSR count). The van der Waals surface area contributed by atoms with Crippen LogP contribution in [0.3, 0.4) is 0 Å². The van der Waals surface area contributed by atoms with Crippen molar-refractivity contribution in [2.24, 2.45) is 0 Å². The second-order valence-corrected chi connectivity index (χ2v) is 5.02. The summed E-state index contributed by atoms with van der Waals surface area (Å²) >= 11 is 0. The summed E-state index contributed by atoms with van der Waals surface area (Å²) in [4.78, 5) is 25.8. The first-order valence-corrected chi connectivity index (χ1v) is 6.88. The van der Waals surface area contributed by atoms with E-state index in [-0.39, 0.29) is 11.2 Å². The lowest BCUT2D eigenvalue weighted by Gasteiger charge is -2.18. The molecular weight excluding hydrogens is 302 g/mol. The summed E-state index contributed by atoms with van der Waals surface area (Å²) in [5.74, 6) is 0.0612. The van der Waals surface area contributed by atoms with Crippen LogP contribution in [0.4, 0.5) is 0 Å². The summed E-state index contributed by atoms with van der Waals surface area (Å²) in [5.41, 5.74) is 0.774. The number of nitrogens with one attached hydrogen (secondary N) is 1. The predicted molar refractivity (Wildman–Crippen MR) is 79.2 cm³/mol. The molecule has 3 aromatic rings. The number of ether oxygens (including phenoxy) is 2. The third-order valence-electron chi connectivity index (χ3n) is 3.54. The van der Waals surface area contributed by atoms with Crippen LogP contribution < -0.4 is 15.0 Å². The van der Waals surface area contributed by atoms with Gasteiger partial charge >= 0.3 is 5.97 Å². The zero-order valence-electron chi connectivity index (χ0n) is 11.8. The van der Waals surface area contributed by atoms with Crippen molar-refractivity contribution in [3.63, 3.8) is 0 Å². The van der Waals surface area contributed by atoms with Gasteiger partial charge in [0.25, 0.3) is 5.56 Å². The van der Waals surface area contributed by atoms with Crippen molar-refractivity contribution in [2.45, 2.75) is 0 Å². The van der Waals surface area contributed by atoms with Crippen molar-refractivity contribution < 1.29 is 19.4 Å². The molecule has 0 bridgehead atoms.